The highest BCUT2D eigenvalue weighted by Gasteiger charge is 2.27. The van der Waals surface area contributed by atoms with Crippen molar-refractivity contribution in [2.24, 2.45) is 5.41 Å². The van der Waals surface area contributed by atoms with E-state index in [9.17, 15) is 9.18 Å². The van der Waals surface area contributed by atoms with Crippen molar-refractivity contribution >= 4 is 16.7 Å². The highest BCUT2D eigenvalue weighted by Crippen LogP contribution is 2.25. The molecule has 0 saturated carbocycles. The minimum absolute atomic E-state index is 0.0405. The maximum atomic E-state index is 14.0. The number of hydrogen-bond donors (Lipinski definition) is 1. The van der Waals surface area contributed by atoms with Crippen LogP contribution in [0.4, 0.5) is 4.39 Å². The van der Waals surface area contributed by atoms with Crippen LogP contribution in [-0.4, -0.2) is 11.9 Å². The van der Waals surface area contributed by atoms with Gasteiger partial charge in [-0.05, 0) is 34.9 Å². The van der Waals surface area contributed by atoms with Crippen molar-refractivity contribution in [3.63, 3.8) is 0 Å². The van der Waals surface area contributed by atoms with E-state index in [0.717, 1.165) is 6.42 Å². The van der Waals surface area contributed by atoms with Gasteiger partial charge in [-0.15, -0.1) is 0 Å². The molecule has 26 heavy (non-hydrogen) atoms. The van der Waals surface area contributed by atoms with E-state index in [-0.39, 0.29) is 23.2 Å². The molecular formula is C23H24FNO. The molecule has 2 nitrogen and oxygen atoms in total. The van der Waals surface area contributed by atoms with Crippen LogP contribution < -0.4 is 5.32 Å². The molecule has 1 N–H and O–H groups in total. The van der Waals surface area contributed by atoms with Crippen LogP contribution in [-0.2, 0) is 6.42 Å². The lowest BCUT2D eigenvalue weighted by Crippen LogP contribution is -2.45. The number of halogens is 1. The number of rotatable bonds is 4. The topological polar surface area (TPSA) is 29.1 Å². The monoisotopic (exact) mass is 349 g/mol. The molecule has 0 radical (unpaired) electrons. The number of carbonyl (C=O) groups is 1. The molecule has 0 aliphatic rings. The van der Waals surface area contributed by atoms with Crippen molar-refractivity contribution in [3.8, 4) is 0 Å². The fraction of sp³-hybridized carbons (Fsp3) is 0.261. The first-order chi connectivity index (χ1) is 12.4. The van der Waals surface area contributed by atoms with Crippen molar-refractivity contribution in [1.82, 2.24) is 5.32 Å². The van der Waals surface area contributed by atoms with E-state index >= 15 is 0 Å². The van der Waals surface area contributed by atoms with Gasteiger partial charge in [0, 0.05) is 17.0 Å². The van der Waals surface area contributed by atoms with Gasteiger partial charge in [0.2, 0.25) is 0 Å². The predicted octanol–water partition coefficient (Wildman–Crippen LogP) is 5.37. The summed E-state index contributed by atoms with van der Waals surface area (Å²) in [5, 5.41) is 4.28. The molecular weight excluding hydrogens is 325 g/mol. The molecule has 1 amide bonds. The summed E-state index contributed by atoms with van der Waals surface area (Å²) < 4.78 is 14.0. The largest absolute Gasteiger partial charge is 0.348 e. The Morgan fingerprint density at radius 1 is 0.923 bits per heavy atom. The minimum atomic E-state index is -0.311. The Morgan fingerprint density at radius 3 is 2.19 bits per heavy atom. The van der Waals surface area contributed by atoms with Gasteiger partial charge in [0.25, 0.3) is 5.91 Å². The fourth-order valence-electron chi connectivity index (χ4n) is 3.12. The molecule has 1 unspecified atom stereocenters. The first-order valence-corrected chi connectivity index (χ1v) is 8.88. The van der Waals surface area contributed by atoms with Gasteiger partial charge in [-0.1, -0.05) is 75.4 Å². The number of fused-ring (bicyclic) bond motifs is 1. The molecule has 0 heterocycles. The Bertz CT molecular complexity index is 912. The summed E-state index contributed by atoms with van der Waals surface area (Å²) in [6, 6.07) is 20.1. The zero-order chi connectivity index (χ0) is 18.7. The van der Waals surface area contributed by atoms with E-state index in [0.29, 0.717) is 16.3 Å². The lowest BCUT2D eigenvalue weighted by molar-refractivity contribution is 0.0904. The number of nitrogens with one attached hydrogen (secondary N) is 1. The van der Waals surface area contributed by atoms with Crippen LogP contribution in [0.5, 0.6) is 0 Å². The molecule has 0 aliphatic carbocycles. The SMILES string of the molecule is CC(C)(C)C(Cc1ccccc1)NC(=O)c1ccc(F)c2ccccc12. The third kappa shape index (κ3) is 3.93. The first-order valence-electron chi connectivity index (χ1n) is 8.88. The molecule has 134 valence electrons. The van der Waals surface area contributed by atoms with Crippen LogP contribution in [0.25, 0.3) is 10.8 Å². The van der Waals surface area contributed by atoms with E-state index < -0.39 is 0 Å². The van der Waals surface area contributed by atoms with Crippen LogP contribution >= 0.6 is 0 Å². The molecule has 0 aliphatic heterocycles. The molecule has 3 heteroatoms. The van der Waals surface area contributed by atoms with Crippen LogP contribution in [0, 0.1) is 11.2 Å². The van der Waals surface area contributed by atoms with E-state index in [1.54, 1.807) is 24.3 Å². The molecule has 0 spiro atoms. The van der Waals surface area contributed by atoms with Crippen molar-refractivity contribution in [2.45, 2.75) is 33.2 Å². The van der Waals surface area contributed by atoms with Gasteiger partial charge >= 0.3 is 0 Å². The summed E-state index contributed by atoms with van der Waals surface area (Å²) in [4.78, 5) is 13.0. The quantitative estimate of drug-likeness (QED) is 0.674. The first kappa shape index (κ1) is 18.1. The fourth-order valence-corrected chi connectivity index (χ4v) is 3.12. The molecule has 3 aromatic rings. The van der Waals surface area contributed by atoms with Gasteiger partial charge in [0.05, 0.1) is 0 Å². The lowest BCUT2D eigenvalue weighted by Gasteiger charge is -2.32. The summed E-state index contributed by atoms with van der Waals surface area (Å²) in [7, 11) is 0. The highest BCUT2D eigenvalue weighted by molar-refractivity contribution is 6.07. The second-order valence-corrected chi connectivity index (χ2v) is 7.72. The van der Waals surface area contributed by atoms with Gasteiger partial charge in [0.15, 0.2) is 0 Å². The van der Waals surface area contributed by atoms with Crippen molar-refractivity contribution in [2.75, 3.05) is 0 Å². The van der Waals surface area contributed by atoms with Crippen molar-refractivity contribution in [1.29, 1.82) is 0 Å². The summed E-state index contributed by atoms with van der Waals surface area (Å²) in [6.07, 6.45) is 0.745. The molecule has 3 aromatic carbocycles. The summed E-state index contributed by atoms with van der Waals surface area (Å²) >= 11 is 0. The van der Waals surface area contributed by atoms with E-state index in [2.05, 4.69) is 38.2 Å². The van der Waals surface area contributed by atoms with Gasteiger partial charge < -0.3 is 5.32 Å². The molecule has 3 rings (SSSR count). The average molecular weight is 349 g/mol. The predicted molar refractivity (Wildman–Crippen MR) is 105 cm³/mol. The molecule has 1 atom stereocenters. The zero-order valence-electron chi connectivity index (χ0n) is 15.4. The van der Waals surface area contributed by atoms with Crippen LogP contribution in [0.1, 0.15) is 36.7 Å². The summed E-state index contributed by atoms with van der Waals surface area (Å²) in [5.74, 6) is -0.481. The van der Waals surface area contributed by atoms with Crippen molar-refractivity contribution in [3.05, 3.63) is 83.7 Å². The van der Waals surface area contributed by atoms with E-state index in [4.69, 9.17) is 0 Å². The van der Waals surface area contributed by atoms with Crippen molar-refractivity contribution < 1.29 is 9.18 Å². The van der Waals surface area contributed by atoms with E-state index in [1.165, 1.54) is 11.6 Å². The number of hydrogen-bond acceptors (Lipinski definition) is 1. The second-order valence-electron chi connectivity index (χ2n) is 7.72. The zero-order valence-corrected chi connectivity index (χ0v) is 15.4. The molecule has 0 bridgehead atoms. The minimum Gasteiger partial charge on any atom is -0.348 e. The number of amides is 1. The third-order valence-corrected chi connectivity index (χ3v) is 4.75. The second kappa shape index (κ2) is 7.28. The van der Waals surface area contributed by atoms with Gasteiger partial charge in [0.1, 0.15) is 5.82 Å². The Balaban J connectivity index is 1.90. The molecule has 0 aromatic heterocycles. The van der Waals surface area contributed by atoms with Crippen LogP contribution in [0.2, 0.25) is 0 Å². The van der Waals surface area contributed by atoms with Gasteiger partial charge in [-0.2, -0.15) is 0 Å². The third-order valence-electron chi connectivity index (χ3n) is 4.75. The number of benzene rings is 3. The van der Waals surface area contributed by atoms with Crippen LogP contribution in [0.15, 0.2) is 66.7 Å². The maximum Gasteiger partial charge on any atom is 0.252 e. The highest BCUT2D eigenvalue weighted by atomic mass is 19.1. The lowest BCUT2D eigenvalue weighted by atomic mass is 9.82. The normalized spacial score (nSPS) is 12.8. The Labute approximate surface area is 154 Å². The standard InChI is InChI=1S/C23H24FNO/c1-23(2,3)21(15-16-9-5-4-6-10-16)25-22(26)19-13-14-20(24)18-12-8-7-11-17(18)19/h4-14,21H,15H2,1-3H3,(H,25,26). The van der Waals surface area contributed by atoms with Gasteiger partial charge in [-0.3, -0.25) is 4.79 Å². The Kier molecular flexibility index (Phi) is 5.08. The van der Waals surface area contributed by atoms with E-state index in [1.807, 2.05) is 24.3 Å². The van der Waals surface area contributed by atoms with Crippen LogP contribution in [0.3, 0.4) is 0 Å². The smallest absolute Gasteiger partial charge is 0.252 e. The Morgan fingerprint density at radius 2 is 1.54 bits per heavy atom. The molecule has 0 saturated heterocycles. The average Bonchev–Trinajstić information content (AvgIpc) is 2.62. The summed E-state index contributed by atoms with van der Waals surface area (Å²) in [5.41, 5.74) is 1.57. The number of carbonyl (C=O) groups excluding carboxylic acids is 1. The Hall–Kier alpha value is -2.68. The van der Waals surface area contributed by atoms with Gasteiger partial charge in [-0.25, -0.2) is 4.39 Å². The molecule has 0 fully saturated rings. The summed E-state index contributed by atoms with van der Waals surface area (Å²) in [6.45, 7) is 6.34. The maximum absolute atomic E-state index is 14.0.